The molecule has 0 aliphatic carbocycles. The molecule has 1 rings (SSSR count). The van der Waals surface area contributed by atoms with Crippen LogP contribution in [-0.2, 0) is 4.74 Å². The molecule has 0 fully saturated rings. The molecule has 0 aliphatic rings. The highest BCUT2D eigenvalue weighted by atomic mass is 32.2. The molecule has 0 spiro atoms. The molecule has 0 aliphatic heterocycles. The predicted octanol–water partition coefficient (Wildman–Crippen LogP) is 2.79. The number of unbranched alkanes of at least 4 members (excludes halogenated alkanes) is 1. The third kappa shape index (κ3) is 4.55. The van der Waals surface area contributed by atoms with Gasteiger partial charge in [-0.3, -0.25) is 0 Å². The molecule has 1 aromatic rings. The summed E-state index contributed by atoms with van der Waals surface area (Å²) in [6.07, 6.45) is 4.43. The number of aryl methyl sites for hydroxylation is 1. The van der Waals surface area contributed by atoms with E-state index in [1.54, 1.807) is 0 Å². The van der Waals surface area contributed by atoms with Crippen molar-refractivity contribution in [1.29, 1.82) is 0 Å². The van der Waals surface area contributed by atoms with Crippen molar-refractivity contribution in [2.45, 2.75) is 19.8 Å². The van der Waals surface area contributed by atoms with E-state index in [9.17, 15) is 4.79 Å². The number of methoxy groups -OCH3 is 1. The van der Waals surface area contributed by atoms with Crippen LogP contribution in [0.3, 0.4) is 0 Å². The maximum absolute atomic E-state index is 11.4. The molecular weight excluding hydrogens is 256 g/mol. The molecule has 1 aromatic heterocycles. The number of esters is 1. The largest absolute Gasteiger partial charge is 0.465 e. The predicted molar refractivity (Wildman–Crippen MR) is 74.3 cm³/mol. The van der Waals surface area contributed by atoms with Gasteiger partial charge in [-0.1, -0.05) is 11.3 Å². The first-order valence-corrected chi connectivity index (χ1v) is 7.68. The van der Waals surface area contributed by atoms with Crippen LogP contribution in [0.4, 0.5) is 5.13 Å². The number of nitrogens with zero attached hydrogens (tertiary/aromatic N) is 1. The first-order chi connectivity index (χ1) is 8.19. The Morgan fingerprint density at radius 3 is 2.94 bits per heavy atom. The van der Waals surface area contributed by atoms with Gasteiger partial charge < -0.3 is 10.1 Å². The van der Waals surface area contributed by atoms with E-state index in [1.807, 2.05) is 18.7 Å². The Labute approximate surface area is 110 Å². The van der Waals surface area contributed by atoms with E-state index in [-0.39, 0.29) is 5.97 Å². The standard InChI is InChI=1S/C11H18N2O2S2/c1-8-9(10(14)15-2)17-11(13-8)12-6-4-5-7-16-3/h4-7H2,1-3H3,(H,12,13). The lowest BCUT2D eigenvalue weighted by Crippen LogP contribution is -2.01. The van der Waals surface area contributed by atoms with E-state index in [2.05, 4.69) is 21.3 Å². The summed E-state index contributed by atoms with van der Waals surface area (Å²) in [6, 6.07) is 0. The van der Waals surface area contributed by atoms with Crippen molar-refractivity contribution in [2.75, 3.05) is 31.0 Å². The molecule has 0 radical (unpaired) electrons. The van der Waals surface area contributed by atoms with Crippen LogP contribution in [0.1, 0.15) is 28.2 Å². The Morgan fingerprint density at radius 2 is 2.29 bits per heavy atom. The van der Waals surface area contributed by atoms with Gasteiger partial charge in [0.25, 0.3) is 0 Å². The first-order valence-electron chi connectivity index (χ1n) is 5.47. The number of rotatable bonds is 7. The van der Waals surface area contributed by atoms with E-state index in [0.29, 0.717) is 4.88 Å². The number of carbonyl (C=O) groups excluding carboxylic acids is 1. The van der Waals surface area contributed by atoms with Crippen molar-refractivity contribution in [2.24, 2.45) is 0 Å². The Hall–Kier alpha value is -0.750. The summed E-state index contributed by atoms with van der Waals surface area (Å²) in [6.45, 7) is 2.72. The molecule has 96 valence electrons. The fraction of sp³-hybridized carbons (Fsp3) is 0.636. The van der Waals surface area contributed by atoms with E-state index in [0.717, 1.165) is 23.8 Å². The van der Waals surface area contributed by atoms with Crippen molar-refractivity contribution in [3.63, 3.8) is 0 Å². The summed E-state index contributed by atoms with van der Waals surface area (Å²) in [7, 11) is 1.39. The fourth-order valence-electron chi connectivity index (χ4n) is 1.32. The van der Waals surface area contributed by atoms with Crippen molar-refractivity contribution < 1.29 is 9.53 Å². The fourth-order valence-corrected chi connectivity index (χ4v) is 2.72. The molecule has 1 heterocycles. The van der Waals surface area contributed by atoms with Crippen LogP contribution in [0.2, 0.25) is 0 Å². The van der Waals surface area contributed by atoms with Crippen molar-refractivity contribution >= 4 is 34.2 Å². The van der Waals surface area contributed by atoms with Gasteiger partial charge in [0.05, 0.1) is 12.8 Å². The van der Waals surface area contributed by atoms with Gasteiger partial charge in [0.2, 0.25) is 0 Å². The number of hydrogen-bond acceptors (Lipinski definition) is 6. The zero-order valence-electron chi connectivity index (χ0n) is 10.4. The lowest BCUT2D eigenvalue weighted by atomic mass is 10.3. The third-order valence-electron chi connectivity index (χ3n) is 2.22. The number of thiazole rings is 1. The molecule has 17 heavy (non-hydrogen) atoms. The smallest absolute Gasteiger partial charge is 0.350 e. The Balaban J connectivity index is 2.42. The number of nitrogens with one attached hydrogen (secondary N) is 1. The molecule has 4 nitrogen and oxygen atoms in total. The van der Waals surface area contributed by atoms with Crippen LogP contribution >= 0.6 is 23.1 Å². The third-order valence-corrected chi connectivity index (χ3v) is 4.01. The number of carbonyl (C=O) groups is 1. The second-order valence-electron chi connectivity index (χ2n) is 3.55. The first kappa shape index (κ1) is 14.3. The minimum absolute atomic E-state index is 0.310. The number of hydrogen-bond donors (Lipinski definition) is 1. The Kier molecular flexibility index (Phi) is 6.36. The van der Waals surface area contributed by atoms with Gasteiger partial charge in [-0.2, -0.15) is 11.8 Å². The summed E-state index contributed by atoms with van der Waals surface area (Å²) in [5.74, 6) is 0.877. The Morgan fingerprint density at radius 1 is 1.53 bits per heavy atom. The molecule has 0 saturated carbocycles. The highest BCUT2D eigenvalue weighted by Crippen LogP contribution is 2.23. The monoisotopic (exact) mass is 274 g/mol. The van der Waals surface area contributed by atoms with Gasteiger partial charge in [0.15, 0.2) is 5.13 Å². The van der Waals surface area contributed by atoms with Crippen LogP contribution in [0.5, 0.6) is 0 Å². The highest BCUT2D eigenvalue weighted by Gasteiger charge is 2.14. The SMILES string of the molecule is COC(=O)c1sc(NCCCCSC)nc1C. The van der Waals surface area contributed by atoms with Crippen LogP contribution in [0.15, 0.2) is 0 Å². The topological polar surface area (TPSA) is 51.2 Å². The molecule has 0 aromatic carbocycles. The molecule has 0 bridgehead atoms. The zero-order valence-corrected chi connectivity index (χ0v) is 12.0. The molecular formula is C11H18N2O2S2. The quantitative estimate of drug-likeness (QED) is 0.612. The normalized spacial score (nSPS) is 10.3. The van der Waals surface area contributed by atoms with Crippen LogP contribution < -0.4 is 5.32 Å². The van der Waals surface area contributed by atoms with Crippen molar-refractivity contribution in [3.8, 4) is 0 Å². The summed E-state index contributed by atoms with van der Waals surface area (Å²) in [5.41, 5.74) is 0.730. The average molecular weight is 274 g/mol. The molecule has 0 amide bonds. The lowest BCUT2D eigenvalue weighted by molar-refractivity contribution is 0.0605. The van der Waals surface area contributed by atoms with E-state index in [1.165, 1.54) is 30.6 Å². The average Bonchev–Trinajstić information content (AvgIpc) is 2.69. The van der Waals surface area contributed by atoms with Crippen LogP contribution in [-0.4, -0.2) is 36.6 Å². The van der Waals surface area contributed by atoms with Gasteiger partial charge >= 0.3 is 5.97 Å². The van der Waals surface area contributed by atoms with Crippen molar-refractivity contribution in [1.82, 2.24) is 4.98 Å². The molecule has 0 unspecified atom stereocenters. The zero-order chi connectivity index (χ0) is 12.7. The van der Waals surface area contributed by atoms with Crippen LogP contribution in [0, 0.1) is 6.92 Å². The van der Waals surface area contributed by atoms with Crippen LogP contribution in [0.25, 0.3) is 0 Å². The molecule has 6 heteroatoms. The second kappa shape index (κ2) is 7.55. The number of thioether (sulfide) groups is 1. The van der Waals surface area contributed by atoms with Gasteiger partial charge in [0, 0.05) is 6.54 Å². The summed E-state index contributed by atoms with van der Waals surface area (Å²) < 4.78 is 4.69. The van der Waals surface area contributed by atoms with Gasteiger partial charge in [-0.15, -0.1) is 0 Å². The second-order valence-corrected chi connectivity index (χ2v) is 5.54. The maximum atomic E-state index is 11.4. The number of ether oxygens (including phenoxy) is 1. The van der Waals surface area contributed by atoms with Crippen molar-refractivity contribution in [3.05, 3.63) is 10.6 Å². The molecule has 0 saturated heterocycles. The van der Waals surface area contributed by atoms with E-state index >= 15 is 0 Å². The summed E-state index contributed by atoms with van der Waals surface area (Å²) >= 11 is 3.21. The highest BCUT2D eigenvalue weighted by molar-refractivity contribution is 7.98. The summed E-state index contributed by atoms with van der Waals surface area (Å²) in [5, 5.41) is 4.03. The maximum Gasteiger partial charge on any atom is 0.350 e. The minimum Gasteiger partial charge on any atom is -0.465 e. The van der Waals surface area contributed by atoms with E-state index in [4.69, 9.17) is 0 Å². The number of anilines is 1. The van der Waals surface area contributed by atoms with Gasteiger partial charge in [-0.05, 0) is 31.8 Å². The van der Waals surface area contributed by atoms with E-state index < -0.39 is 0 Å². The number of aromatic nitrogens is 1. The molecule has 0 atom stereocenters. The van der Waals surface area contributed by atoms with Gasteiger partial charge in [-0.25, -0.2) is 9.78 Å². The summed E-state index contributed by atoms with van der Waals surface area (Å²) in [4.78, 5) is 16.3. The Bertz CT molecular complexity index is 366. The minimum atomic E-state index is -0.310. The lowest BCUT2D eigenvalue weighted by Gasteiger charge is -2.00. The van der Waals surface area contributed by atoms with Gasteiger partial charge in [0.1, 0.15) is 4.88 Å². The molecule has 1 N–H and O–H groups in total.